The molecule has 2 heterocycles. The maximum atomic E-state index is 12.6. The van der Waals surface area contributed by atoms with Gasteiger partial charge in [0.15, 0.2) is 5.13 Å². The van der Waals surface area contributed by atoms with Gasteiger partial charge in [-0.25, -0.2) is 4.98 Å². The first-order valence-corrected chi connectivity index (χ1v) is 11.8. The van der Waals surface area contributed by atoms with Crippen molar-refractivity contribution in [3.05, 3.63) is 65.0 Å². The van der Waals surface area contributed by atoms with E-state index in [1.807, 2.05) is 36.6 Å². The molecule has 2 N–H and O–H groups in total. The maximum Gasteiger partial charge on any atom is 0.257 e. The van der Waals surface area contributed by atoms with Crippen LogP contribution in [0.5, 0.6) is 5.75 Å². The third kappa shape index (κ3) is 6.18. The summed E-state index contributed by atoms with van der Waals surface area (Å²) in [4.78, 5) is 28.4. The van der Waals surface area contributed by atoms with Crippen molar-refractivity contribution >= 4 is 28.3 Å². The molecule has 1 aromatic heterocycles. The summed E-state index contributed by atoms with van der Waals surface area (Å²) in [6, 6.07) is 14.9. The molecule has 1 aliphatic heterocycles. The number of ether oxygens (including phenoxy) is 2. The van der Waals surface area contributed by atoms with E-state index in [2.05, 4.69) is 15.6 Å². The largest absolute Gasteiger partial charge is 0.491 e. The highest BCUT2D eigenvalue weighted by Crippen LogP contribution is 2.27. The quantitative estimate of drug-likeness (QED) is 0.498. The molecule has 33 heavy (non-hydrogen) atoms. The second-order valence-electron chi connectivity index (χ2n) is 8.01. The molecule has 8 heteroatoms. The Balaban J connectivity index is 1.33. The number of carbonyl (C=O) groups is 2. The number of thiazole rings is 1. The zero-order valence-electron chi connectivity index (χ0n) is 18.7. The summed E-state index contributed by atoms with van der Waals surface area (Å²) in [7, 11) is 0. The smallest absolute Gasteiger partial charge is 0.257 e. The lowest BCUT2D eigenvalue weighted by Crippen LogP contribution is -2.23. The Morgan fingerprint density at radius 1 is 1.18 bits per heavy atom. The van der Waals surface area contributed by atoms with E-state index in [0.29, 0.717) is 17.3 Å². The van der Waals surface area contributed by atoms with Gasteiger partial charge < -0.3 is 14.8 Å². The summed E-state index contributed by atoms with van der Waals surface area (Å²) >= 11 is 1.37. The summed E-state index contributed by atoms with van der Waals surface area (Å²) < 4.78 is 11.3. The third-order valence-electron chi connectivity index (χ3n) is 5.43. The van der Waals surface area contributed by atoms with E-state index in [1.54, 1.807) is 24.3 Å². The van der Waals surface area contributed by atoms with E-state index in [4.69, 9.17) is 9.47 Å². The van der Waals surface area contributed by atoms with E-state index in [1.165, 1.54) is 18.3 Å². The van der Waals surface area contributed by atoms with Crippen LogP contribution in [0, 0.1) is 0 Å². The van der Waals surface area contributed by atoms with Crippen LogP contribution >= 0.6 is 11.3 Å². The summed E-state index contributed by atoms with van der Waals surface area (Å²) in [5, 5.41) is 8.16. The van der Waals surface area contributed by atoms with Crippen LogP contribution in [-0.2, 0) is 9.53 Å². The van der Waals surface area contributed by atoms with Gasteiger partial charge in [-0.15, -0.1) is 11.3 Å². The van der Waals surface area contributed by atoms with Gasteiger partial charge in [0.25, 0.3) is 5.91 Å². The highest BCUT2D eigenvalue weighted by atomic mass is 32.1. The highest BCUT2D eigenvalue weighted by molar-refractivity contribution is 7.14. The van der Waals surface area contributed by atoms with Crippen molar-refractivity contribution in [1.29, 1.82) is 0 Å². The molecule has 2 amide bonds. The Morgan fingerprint density at radius 2 is 1.94 bits per heavy atom. The van der Waals surface area contributed by atoms with Crippen molar-refractivity contribution in [2.24, 2.45) is 0 Å². The summed E-state index contributed by atoms with van der Waals surface area (Å²) in [6.45, 7) is 4.77. The van der Waals surface area contributed by atoms with E-state index in [9.17, 15) is 9.59 Å². The first-order chi connectivity index (χ1) is 16.0. The summed E-state index contributed by atoms with van der Waals surface area (Å²) in [6.07, 6.45) is 2.26. The molecule has 3 aromatic rings. The van der Waals surface area contributed by atoms with Gasteiger partial charge in [0, 0.05) is 30.0 Å². The minimum atomic E-state index is -0.221. The minimum absolute atomic E-state index is 0.0605. The van der Waals surface area contributed by atoms with Crippen LogP contribution in [-0.4, -0.2) is 36.1 Å². The molecule has 172 valence electrons. The van der Waals surface area contributed by atoms with Gasteiger partial charge in [0.1, 0.15) is 12.4 Å². The lowest BCUT2D eigenvalue weighted by molar-refractivity contribution is -0.119. The van der Waals surface area contributed by atoms with Crippen molar-refractivity contribution in [3.63, 3.8) is 0 Å². The lowest BCUT2D eigenvalue weighted by Gasteiger charge is -2.13. The predicted octanol–water partition coefficient (Wildman–Crippen LogP) is 4.82. The van der Waals surface area contributed by atoms with Crippen LogP contribution in [0.1, 0.15) is 48.7 Å². The summed E-state index contributed by atoms with van der Waals surface area (Å²) in [5.41, 5.74) is 3.28. The molecule has 0 aliphatic carbocycles. The monoisotopic (exact) mass is 465 g/mol. The molecule has 0 radical (unpaired) electrons. The molecule has 2 unspecified atom stereocenters. The van der Waals surface area contributed by atoms with Crippen molar-refractivity contribution in [3.8, 4) is 17.0 Å². The Morgan fingerprint density at radius 3 is 2.61 bits per heavy atom. The molecule has 1 fully saturated rings. The predicted molar refractivity (Wildman–Crippen MR) is 129 cm³/mol. The molecule has 2 aromatic carbocycles. The second-order valence-corrected chi connectivity index (χ2v) is 8.86. The van der Waals surface area contributed by atoms with Crippen molar-refractivity contribution in [2.45, 2.75) is 38.8 Å². The van der Waals surface area contributed by atoms with Gasteiger partial charge in [-0.1, -0.05) is 24.3 Å². The van der Waals surface area contributed by atoms with Crippen molar-refractivity contribution in [1.82, 2.24) is 10.3 Å². The van der Waals surface area contributed by atoms with Crippen LogP contribution < -0.4 is 15.4 Å². The average molecular weight is 466 g/mol. The van der Waals surface area contributed by atoms with Gasteiger partial charge in [-0.2, -0.15) is 0 Å². The normalized spacial score (nSPS) is 16.2. The van der Waals surface area contributed by atoms with E-state index in [-0.39, 0.29) is 24.0 Å². The van der Waals surface area contributed by atoms with Crippen molar-refractivity contribution in [2.75, 3.05) is 18.5 Å². The Labute approximate surface area is 197 Å². The molecule has 4 rings (SSSR count). The highest BCUT2D eigenvalue weighted by Gasteiger charge is 2.16. The van der Waals surface area contributed by atoms with Crippen LogP contribution in [0.2, 0.25) is 0 Å². The van der Waals surface area contributed by atoms with E-state index < -0.39 is 0 Å². The SMILES string of the molecule is CC(=O)NC(C)c1ccc(-c2csc(NC(=O)c3ccc(OCC4CCCO4)cc3)n2)cc1. The number of hydrogen-bond donors (Lipinski definition) is 2. The number of hydrogen-bond acceptors (Lipinski definition) is 6. The van der Waals surface area contributed by atoms with Gasteiger partial charge in [0.05, 0.1) is 17.8 Å². The van der Waals surface area contributed by atoms with Gasteiger partial charge in [-0.3, -0.25) is 14.9 Å². The Bertz CT molecular complexity index is 1090. The molecule has 1 saturated heterocycles. The molecular weight excluding hydrogens is 438 g/mol. The zero-order valence-corrected chi connectivity index (χ0v) is 19.5. The molecule has 0 spiro atoms. The van der Waals surface area contributed by atoms with Gasteiger partial charge >= 0.3 is 0 Å². The molecule has 1 aliphatic rings. The topological polar surface area (TPSA) is 89.6 Å². The zero-order chi connectivity index (χ0) is 23.2. The van der Waals surface area contributed by atoms with E-state index >= 15 is 0 Å². The van der Waals surface area contributed by atoms with E-state index in [0.717, 1.165) is 42.0 Å². The fourth-order valence-corrected chi connectivity index (χ4v) is 4.35. The molecule has 2 atom stereocenters. The standard InChI is InChI=1S/C25H27N3O4S/c1-16(26-17(2)29)18-5-7-19(8-6-18)23-15-33-25(27-23)28-24(30)20-9-11-21(12-10-20)32-14-22-4-3-13-31-22/h5-12,15-16,22H,3-4,13-14H2,1-2H3,(H,26,29)(H,27,28,30). The number of carbonyl (C=O) groups excluding carboxylic acids is 2. The Kier molecular flexibility index (Phi) is 7.36. The number of aromatic nitrogens is 1. The van der Waals surface area contributed by atoms with Crippen LogP contribution in [0.3, 0.4) is 0 Å². The first-order valence-electron chi connectivity index (χ1n) is 11.0. The number of nitrogens with one attached hydrogen (secondary N) is 2. The molecule has 7 nitrogen and oxygen atoms in total. The number of benzene rings is 2. The number of rotatable bonds is 8. The van der Waals surface area contributed by atoms with Crippen LogP contribution in [0.4, 0.5) is 5.13 Å². The summed E-state index contributed by atoms with van der Waals surface area (Å²) in [5.74, 6) is 0.434. The number of amides is 2. The number of anilines is 1. The van der Waals surface area contributed by atoms with Crippen LogP contribution in [0.15, 0.2) is 53.9 Å². The fraction of sp³-hybridized carbons (Fsp3) is 0.320. The first kappa shape index (κ1) is 22.9. The Hall–Kier alpha value is -3.23. The van der Waals surface area contributed by atoms with Gasteiger partial charge in [0.2, 0.25) is 5.91 Å². The van der Waals surface area contributed by atoms with Crippen LogP contribution in [0.25, 0.3) is 11.3 Å². The molecular formula is C25H27N3O4S. The average Bonchev–Trinajstić information content (AvgIpc) is 3.50. The maximum absolute atomic E-state index is 12.6. The lowest BCUT2D eigenvalue weighted by atomic mass is 10.1. The minimum Gasteiger partial charge on any atom is -0.491 e. The molecule has 0 saturated carbocycles. The fourth-order valence-electron chi connectivity index (χ4n) is 3.63. The number of nitrogens with zero attached hydrogens (tertiary/aromatic N) is 1. The third-order valence-corrected chi connectivity index (χ3v) is 6.18. The van der Waals surface area contributed by atoms with Crippen molar-refractivity contribution < 1.29 is 19.1 Å². The van der Waals surface area contributed by atoms with Gasteiger partial charge in [-0.05, 0) is 49.6 Å². The second kappa shape index (κ2) is 10.6. The molecule has 0 bridgehead atoms.